The van der Waals surface area contributed by atoms with Crippen LogP contribution in [0.1, 0.15) is 80.7 Å². The SMILES string of the molecule is CCOOCc1cc(-c2ccc(C(=O)OC)n2C)cc(CN2CCN(Cc3cc(-c4cccn4C)cc(C(=O)OCC)n3)CCN(Cc3cc(-c4ccc(COOC)n4C)cc(C(=O)OCC)n3)CC2)n1. The highest BCUT2D eigenvalue weighted by molar-refractivity contribution is 5.90. The molecule has 6 aromatic heterocycles. The van der Waals surface area contributed by atoms with Gasteiger partial charge < -0.3 is 27.9 Å². The van der Waals surface area contributed by atoms with Gasteiger partial charge in [-0.05, 0) is 93.6 Å². The summed E-state index contributed by atoms with van der Waals surface area (Å²) >= 11 is 0. The Morgan fingerprint density at radius 3 is 1.54 bits per heavy atom. The second kappa shape index (κ2) is 25.0. The van der Waals surface area contributed by atoms with Crippen molar-refractivity contribution in [2.75, 3.05) is 73.3 Å². The molecule has 1 aliphatic rings. The minimum absolute atomic E-state index is 0.123. The Kier molecular flexibility index (Phi) is 18.4. The largest absolute Gasteiger partial charge is 0.464 e. The standard InChI is InChI=1S/C52H65N9O10/c1-9-67-50(62)44-29-37(46-13-12-18-56(46)4)26-40(54-44)32-60-21-19-59(31-39-25-36(28-42(53-39)34-71-69-11-3)48-16-17-49(58(48)6)52(64)65-7)20-22-61(24-23-60)33-41-27-38(30-45(55-41)51(63)68-10-2)47-15-14-43(57(47)5)35-70-66-8/h12-18,25-30H,9-11,19-24,31-35H2,1-8H3. The number of ether oxygens (including phenoxy) is 3. The van der Waals surface area contributed by atoms with E-state index in [0.29, 0.717) is 82.6 Å². The number of pyridine rings is 3. The van der Waals surface area contributed by atoms with E-state index in [9.17, 15) is 14.4 Å². The molecule has 7 rings (SSSR count). The maximum atomic E-state index is 13.3. The number of hydrogen-bond acceptors (Lipinski definition) is 16. The number of rotatable bonds is 21. The molecule has 0 amide bonds. The van der Waals surface area contributed by atoms with Crippen LogP contribution in [0.2, 0.25) is 0 Å². The van der Waals surface area contributed by atoms with E-state index < -0.39 is 17.9 Å². The van der Waals surface area contributed by atoms with Crippen LogP contribution in [-0.4, -0.2) is 135 Å². The summed E-state index contributed by atoms with van der Waals surface area (Å²) in [4.78, 5) is 81.9. The highest BCUT2D eigenvalue weighted by Crippen LogP contribution is 2.28. The maximum Gasteiger partial charge on any atom is 0.356 e. The number of carbonyl (C=O) groups excluding carboxylic acids is 3. The molecule has 71 heavy (non-hydrogen) atoms. The van der Waals surface area contributed by atoms with Crippen LogP contribution in [0, 0.1) is 0 Å². The third-order valence-electron chi connectivity index (χ3n) is 12.3. The van der Waals surface area contributed by atoms with E-state index in [-0.39, 0.29) is 37.8 Å². The van der Waals surface area contributed by atoms with Crippen LogP contribution in [0.3, 0.4) is 0 Å². The Morgan fingerprint density at radius 2 is 1.03 bits per heavy atom. The molecule has 0 aliphatic carbocycles. The lowest BCUT2D eigenvalue weighted by Gasteiger charge is -2.26. The first-order chi connectivity index (χ1) is 34.4. The molecule has 6 aromatic rings. The molecule has 19 heteroatoms. The lowest BCUT2D eigenvalue weighted by Crippen LogP contribution is -2.36. The molecule has 19 nitrogen and oxygen atoms in total. The minimum atomic E-state index is -0.501. The molecule has 0 atom stereocenters. The molecule has 0 bridgehead atoms. The van der Waals surface area contributed by atoms with Crippen molar-refractivity contribution in [1.82, 2.24) is 43.4 Å². The molecule has 1 saturated heterocycles. The van der Waals surface area contributed by atoms with Gasteiger partial charge >= 0.3 is 17.9 Å². The number of hydrogen-bond donors (Lipinski definition) is 0. The van der Waals surface area contributed by atoms with Gasteiger partial charge in [0.1, 0.15) is 30.3 Å². The van der Waals surface area contributed by atoms with Gasteiger partial charge in [0.15, 0.2) is 0 Å². The number of esters is 3. The zero-order chi connectivity index (χ0) is 50.4. The lowest BCUT2D eigenvalue weighted by atomic mass is 10.1. The zero-order valence-electron chi connectivity index (χ0n) is 42.0. The van der Waals surface area contributed by atoms with E-state index in [1.165, 1.54) is 14.2 Å². The van der Waals surface area contributed by atoms with Crippen LogP contribution in [0.25, 0.3) is 33.8 Å². The van der Waals surface area contributed by atoms with Gasteiger partial charge in [0.2, 0.25) is 0 Å². The summed E-state index contributed by atoms with van der Waals surface area (Å²) in [6.45, 7) is 12.0. The van der Waals surface area contributed by atoms with Gasteiger partial charge in [-0.3, -0.25) is 19.7 Å². The van der Waals surface area contributed by atoms with Crippen LogP contribution >= 0.6 is 0 Å². The van der Waals surface area contributed by atoms with E-state index >= 15 is 0 Å². The number of carbonyl (C=O) groups is 3. The number of methoxy groups -OCH3 is 1. The molecular formula is C52H65N9O10. The molecule has 7 heterocycles. The van der Waals surface area contributed by atoms with E-state index in [1.54, 1.807) is 32.0 Å². The molecular weight excluding hydrogens is 911 g/mol. The second-order valence-electron chi connectivity index (χ2n) is 17.1. The monoisotopic (exact) mass is 975 g/mol. The number of aryl methyl sites for hydroxylation is 1. The molecule has 0 unspecified atom stereocenters. The molecule has 0 saturated carbocycles. The van der Waals surface area contributed by atoms with Crippen molar-refractivity contribution in [3.8, 4) is 33.8 Å². The van der Waals surface area contributed by atoms with Crippen LogP contribution in [0.5, 0.6) is 0 Å². The first kappa shape index (κ1) is 52.2. The summed E-state index contributed by atoms with van der Waals surface area (Å²) in [7, 11) is 8.58. The Hall–Kier alpha value is -6.58. The molecule has 1 aliphatic heterocycles. The Morgan fingerprint density at radius 1 is 0.521 bits per heavy atom. The quantitative estimate of drug-likeness (QED) is 0.0254. The van der Waals surface area contributed by atoms with E-state index in [1.807, 2.05) is 103 Å². The summed E-state index contributed by atoms with van der Waals surface area (Å²) in [6, 6.07) is 23.2. The smallest absolute Gasteiger partial charge is 0.356 e. The van der Waals surface area contributed by atoms with Gasteiger partial charge in [0.25, 0.3) is 0 Å². The predicted molar refractivity (Wildman–Crippen MR) is 263 cm³/mol. The van der Waals surface area contributed by atoms with Crippen molar-refractivity contribution in [3.05, 3.63) is 125 Å². The van der Waals surface area contributed by atoms with Gasteiger partial charge in [-0.15, -0.1) is 0 Å². The van der Waals surface area contributed by atoms with Crippen LogP contribution in [-0.2, 0) is 87.8 Å². The Balaban J connectivity index is 1.24. The van der Waals surface area contributed by atoms with Crippen molar-refractivity contribution < 1.29 is 48.1 Å². The van der Waals surface area contributed by atoms with Crippen molar-refractivity contribution in [3.63, 3.8) is 0 Å². The summed E-state index contributed by atoms with van der Waals surface area (Å²) in [5.41, 5.74) is 9.86. The summed E-state index contributed by atoms with van der Waals surface area (Å²) in [6.07, 6.45) is 1.97. The number of nitrogens with zero attached hydrogens (tertiary/aromatic N) is 9. The van der Waals surface area contributed by atoms with Gasteiger partial charge in [-0.2, -0.15) is 0 Å². The Labute approximate surface area is 414 Å². The van der Waals surface area contributed by atoms with E-state index in [2.05, 4.69) is 14.7 Å². The average Bonchev–Trinajstić information content (AvgIpc) is 4.10. The summed E-state index contributed by atoms with van der Waals surface area (Å²) in [5, 5.41) is 0. The molecule has 0 spiro atoms. The molecule has 0 N–H and O–H groups in total. The number of aromatic nitrogens is 6. The van der Waals surface area contributed by atoms with E-state index in [4.69, 9.17) is 48.7 Å². The topological polar surface area (TPSA) is 179 Å². The first-order valence-electron chi connectivity index (χ1n) is 23.9. The molecule has 1 fully saturated rings. The summed E-state index contributed by atoms with van der Waals surface area (Å²) < 4.78 is 21.8. The van der Waals surface area contributed by atoms with E-state index in [0.717, 1.165) is 50.9 Å². The fourth-order valence-electron chi connectivity index (χ4n) is 8.72. The van der Waals surface area contributed by atoms with Crippen molar-refractivity contribution >= 4 is 17.9 Å². The average molecular weight is 976 g/mol. The van der Waals surface area contributed by atoms with Crippen molar-refractivity contribution in [2.45, 2.75) is 53.6 Å². The highest BCUT2D eigenvalue weighted by atomic mass is 17.2. The lowest BCUT2D eigenvalue weighted by molar-refractivity contribution is -0.301. The highest BCUT2D eigenvalue weighted by Gasteiger charge is 2.23. The van der Waals surface area contributed by atoms with Crippen LogP contribution in [0.4, 0.5) is 0 Å². The third kappa shape index (κ3) is 13.4. The Bertz CT molecular complexity index is 2770. The fraction of sp³-hybridized carbons (Fsp3) is 0.423. The van der Waals surface area contributed by atoms with Crippen molar-refractivity contribution in [1.29, 1.82) is 0 Å². The third-order valence-corrected chi connectivity index (χ3v) is 12.3. The second-order valence-corrected chi connectivity index (χ2v) is 17.1. The summed E-state index contributed by atoms with van der Waals surface area (Å²) in [5.74, 6) is -1.41. The van der Waals surface area contributed by atoms with Crippen LogP contribution < -0.4 is 0 Å². The molecule has 0 radical (unpaired) electrons. The predicted octanol–water partition coefficient (Wildman–Crippen LogP) is 6.39. The first-order valence-corrected chi connectivity index (χ1v) is 23.9. The minimum Gasteiger partial charge on any atom is -0.464 e. The molecule has 378 valence electrons. The van der Waals surface area contributed by atoms with Gasteiger partial charge in [0, 0.05) is 126 Å². The van der Waals surface area contributed by atoms with Gasteiger partial charge in [0.05, 0.1) is 56.8 Å². The van der Waals surface area contributed by atoms with Gasteiger partial charge in [-0.1, -0.05) is 0 Å². The zero-order valence-corrected chi connectivity index (χ0v) is 42.0. The fourth-order valence-corrected chi connectivity index (χ4v) is 8.72. The van der Waals surface area contributed by atoms with Crippen LogP contribution in [0.15, 0.2) is 79.0 Å². The van der Waals surface area contributed by atoms with Gasteiger partial charge in [-0.25, -0.2) is 43.9 Å². The normalized spacial score (nSPS) is 14.0. The maximum absolute atomic E-state index is 13.3. The molecule has 0 aromatic carbocycles. The van der Waals surface area contributed by atoms with Crippen molar-refractivity contribution in [2.24, 2.45) is 21.1 Å².